The Morgan fingerprint density at radius 3 is 2.76 bits per heavy atom. The highest BCUT2D eigenvalue weighted by molar-refractivity contribution is 7.99. The molecule has 2 aromatic heterocycles. The monoisotopic (exact) mass is 446 g/mol. The topological polar surface area (TPSA) is 51.0 Å². The van der Waals surface area contributed by atoms with Crippen LogP contribution in [0.25, 0.3) is 11.4 Å². The van der Waals surface area contributed by atoms with Crippen molar-refractivity contribution in [3.8, 4) is 11.4 Å². The van der Waals surface area contributed by atoms with Crippen molar-refractivity contribution in [2.75, 3.05) is 12.8 Å². The summed E-state index contributed by atoms with van der Waals surface area (Å²) >= 11 is 9.56. The fourth-order valence-corrected chi connectivity index (χ4v) is 5.58. The average Bonchev–Trinajstić information content (AvgIpc) is 3.47. The van der Waals surface area contributed by atoms with Gasteiger partial charge < -0.3 is 4.90 Å². The van der Waals surface area contributed by atoms with E-state index in [2.05, 4.69) is 14.8 Å². The van der Waals surface area contributed by atoms with Gasteiger partial charge in [-0.15, -0.1) is 21.5 Å². The van der Waals surface area contributed by atoms with Crippen LogP contribution in [0.15, 0.2) is 46.9 Å². The third-order valence-corrected chi connectivity index (χ3v) is 7.31. The molecule has 5 nitrogen and oxygen atoms in total. The number of halogens is 1. The summed E-state index contributed by atoms with van der Waals surface area (Å²) in [4.78, 5) is 15.6. The number of hydrogen-bond acceptors (Lipinski definition) is 5. The van der Waals surface area contributed by atoms with Gasteiger partial charge in [0.05, 0.1) is 17.3 Å². The van der Waals surface area contributed by atoms with Gasteiger partial charge in [-0.1, -0.05) is 54.4 Å². The Labute approximate surface area is 184 Å². The lowest BCUT2D eigenvalue weighted by molar-refractivity contribution is -0.127. The molecule has 1 saturated carbocycles. The predicted octanol–water partition coefficient (Wildman–Crippen LogP) is 5.53. The third-order valence-electron chi connectivity index (χ3n) is 5.19. The maximum absolute atomic E-state index is 12.6. The quantitative estimate of drug-likeness (QED) is 0.448. The number of hydrogen-bond donors (Lipinski definition) is 0. The van der Waals surface area contributed by atoms with Crippen LogP contribution in [-0.2, 0) is 11.3 Å². The number of thioether (sulfide) groups is 1. The van der Waals surface area contributed by atoms with Crippen LogP contribution in [0.4, 0.5) is 0 Å². The number of amides is 1. The van der Waals surface area contributed by atoms with Gasteiger partial charge in [-0.05, 0) is 36.4 Å². The first-order valence-electron chi connectivity index (χ1n) is 9.72. The molecule has 2 heterocycles. The normalized spacial score (nSPS) is 14.4. The molecule has 8 heteroatoms. The van der Waals surface area contributed by atoms with Crippen LogP contribution >= 0.6 is 34.7 Å². The fourth-order valence-electron chi connectivity index (χ4n) is 3.65. The zero-order valence-electron chi connectivity index (χ0n) is 16.3. The van der Waals surface area contributed by atoms with E-state index in [-0.39, 0.29) is 5.91 Å². The maximum atomic E-state index is 12.6. The summed E-state index contributed by atoms with van der Waals surface area (Å²) in [5.41, 5.74) is 0.890. The molecule has 0 saturated heterocycles. The van der Waals surface area contributed by atoms with Crippen molar-refractivity contribution in [2.45, 2.75) is 43.4 Å². The second kappa shape index (κ2) is 9.32. The Balaban J connectivity index is 1.52. The molecule has 0 atom stereocenters. The Hall–Kier alpha value is -1.83. The second-order valence-corrected chi connectivity index (χ2v) is 9.59. The summed E-state index contributed by atoms with van der Waals surface area (Å²) in [5.74, 6) is 1.22. The van der Waals surface area contributed by atoms with Crippen molar-refractivity contribution in [3.05, 3.63) is 51.7 Å². The standard InChI is InChI=1S/C21H23ClN4OS2/c1-25(13-16-9-6-12-28-16)19(27)14-29-21-24-23-20(17-10-4-5-11-18(17)22)26(21)15-7-2-3-8-15/h4-6,9-12,15H,2-3,7-8,13-14H2,1H3. The molecule has 0 aliphatic heterocycles. The predicted molar refractivity (Wildman–Crippen MR) is 119 cm³/mol. The SMILES string of the molecule is CN(Cc1cccs1)C(=O)CSc1nnc(-c2ccccc2Cl)n1C1CCCC1. The molecule has 1 aliphatic rings. The van der Waals surface area contributed by atoms with Crippen molar-refractivity contribution in [1.29, 1.82) is 0 Å². The molecular weight excluding hydrogens is 424 g/mol. The molecular formula is C21H23ClN4OS2. The minimum Gasteiger partial charge on any atom is -0.340 e. The largest absolute Gasteiger partial charge is 0.340 e. The van der Waals surface area contributed by atoms with Gasteiger partial charge in [0.1, 0.15) is 0 Å². The lowest BCUT2D eigenvalue weighted by Gasteiger charge is -2.18. The smallest absolute Gasteiger partial charge is 0.233 e. The first-order valence-corrected chi connectivity index (χ1v) is 12.0. The number of carbonyl (C=O) groups excluding carboxylic acids is 1. The summed E-state index contributed by atoms with van der Waals surface area (Å²) in [7, 11) is 1.85. The molecule has 1 aromatic carbocycles. The first kappa shape index (κ1) is 20.4. The number of nitrogens with zero attached hydrogens (tertiary/aromatic N) is 4. The lowest BCUT2D eigenvalue weighted by Crippen LogP contribution is -2.27. The van der Waals surface area contributed by atoms with Crippen LogP contribution in [0.5, 0.6) is 0 Å². The third kappa shape index (κ3) is 4.68. The molecule has 4 rings (SSSR count). The first-order chi connectivity index (χ1) is 14.1. The molecule has 0 N–H and O–H groups in total. The Kier molecular flexibility index (Phi) is 6.57. The average molecular weight is 447 g/mol. The van der Waals surface area contributed by atoms with E-state index in [0.717, 1.165) is 29.4 Å². The van der Waals surface area contributed by atoms with E-state index >= 15 is 0 Å². The molecule has 1 fully saturated rings. The van der Waals surface area contributed by atoms with Gasteiger partial charge in [-0.2, -0.15) is 0 Å². The molecule has 1 aliphatic carbocycles. The van der Waals surface area contributed by atoms with E-state index < -0.39 is 0 Å². The van der Waals surface area contributed by atoms with Crippen molar-refractivity contribution < 1.29 is 4.79 Å². The molecule has 152 valence electrons. The van der Waals surface area contributed by atoms with Gasteiger partial charge in [0, 0.05) is 23.5 Å². The Morgan fingerprint density at radius 2 is 2.03 bits per heavy atom. The zero-order chi connectivity index (χ0) is 20.2. The molecule has 1 amide bonds. The molecule has 0 unspecified atom stereocenters. The summed E-state index contributed by atoms with van der Waals surface area (Å²) in [6.45, 7) is 0.636. The highest BCUT2D eigenvalue weighted by Crippen LogP contribution is 2.38. The van der Waals surface area contributed by atoms with Gasteiger partial charge in [-0.25, -0.2) is 0 Å². The highest BCUT2D eigenvalue weighted by Gasteiger charge is 2.26. The second-order valence-electron chi connectivity index (χ2n) is 7.21. The minimum absolute atomic E-state index is 0.0867. The molecule has 0 radical (unpaired) electrons. The number of benzene rings is 1. The van der Waals surface area contributed by atoms with Crippen LogP contribution in [0.2, 0.25) is 5.02 Å². The van der Waals surface area contributed by atoms with Gasteiger partial charge in [-0.3, -0.25) is 9.36 Å². The molecule has 3 aromatic rings. The summed E-state index contributed by atoms with van der Waals surface area (Å²) in [6.07, 6.45) is 4.62. The highest BCUT2D eigenvalue weighted by atomic mass is 35.5. The van der Waals surface area contributed by atoms with Gasteiger partial charge >= 0.3 is 0 Å². The van der Waals surface area contributed by atoms with E-state index in [1.165, 1.54) is 29.5 Å². The Bertz CT molecular complexity index is 967. The van der Waals surface area contributed by atoms with Crippen LogP contribution in [0.3, 0.4) is 0 Å². The summed E-state index contributed by atoms with van der Waals surface area (Å²) < 4.78 is 2.20. The summed E-state index contributed by atoms with van der Waals surface area (Å²) in [5, 5.41) is 12.4. The Morgan fingerprint density at radius 1 is 1.24 bits per heavy atom. The van der Waals surface area contributed by atoms with Crippen LogP contribution in [-0.4, -0.2) is 38.4 Å². The van der Waals surface area contributed by atoms with Crippen molar-refractivity contribution in [2.24, 2.45) is 0 Å². The van der Waals surface area contributed by atoms with E-state index in [1.807, 2.05) is 48.8 Å². The minimum atomic E-state index is 0.0867. The van der Waals surface area contributed by atoms with Crippen LogP contribution in [0, 0.1) is 0 Å². The van der Waals surface area contributed by atoms with Crippen LogP contribution in [0.1, 0.15) is 36.6 Å². The van der Waals surface area contributed by atoms with E-state index in [0.29, 0.717) is 23.4 Å². The van der Waals surface area contributed by atoms with Crippen molar-refractivity contribution in [3.63, 3.8) is 0 Å². The van der Waals surface area contributed by atoms with E-state index in [4.69, 9.17) is 11.6 Å². The maximum Gasteiger partial charge on any atom is 0.233 e. The molecule has 0 bridgehead atoms. The van der Waals surface area contributed by atoms with Crippen LogP contribution < -0.4 is 0 Å². The van der Waals surface area contributed by atoms with Crippen molar-refractivity contribution >= 4 is 40.6 Å². The lowest BCUT2D eigenvalue weighted by atomic mass is 10.2. The summed E-state index contributed by atoms with van der Waals surface area (Å²) in [6, 6.07) is 12.1. The van der Waals surface area contributed by atoms with Gasteiger partial charge in [0.25, 0.3) is 0 Å². The van der Waals surface area contributed by atoms with E-state index in [1.54, 1.807) is 16.2 Å². The fraction of sp³-hybridized carbons (Fsp3) is 0.381. The zero-order valence-corrected chi connectivity index (χ0v) is 18.6. The van der Waals surface area contributed by atoms with Crippen molar-refractivity contribution in [1.82, 2.24) is 19.7 Å². The van der Waals surface area contributed by atoms with E-state index in [9.17, 15) is 4.79 Å². The number of thiophene rings is 1. The number of aromatic nitrogens is 3. The molecule has 0 spiro atoms. The number of rotatable bonds is 7. The van der Waals surface area contributed by atoms with Gasteiger partial charge in [0.15, 0.2) is 11.0 Å². The number of carbonyl (C=O) groups is 1. The van der Waals surface area contributed by atoms with Gasteiger partial charge in [0.2, 0.25) is 5.91 Å². The molecule has 29 heavy (non-hydrogen) atoms.